The molecule has 0 radical (unpaired) electrons. The van der Waals surface area contributed by atoms with Gasteiger partial charge in [0.15, 0.2) is 0 Å². The van der Waals surface area contributed by atoms with Crippen molar-refractivity contribution in [3.8, 4) is 0 Å². The van der Waals surface area contributed by atoms with E-state index in [1.807, 2.05) is 11.0 Å². The summed E-state index contributed by atoms with van der Waals surface area (Å²) in [6.45, 7) is 1.78. The maximum Gasteiger partial charge on any atom is 0.222 e. The van der Waals surface area contributed by atoms with Crippen molar-refractivity contribution >= 4 is 16.8 Å². The molecule has 0 aliphatic carbocycles. The van der Waals surface area contributed by atoms with Gasteiger partial charge < -0.3 is 9.88 Å². The van der Waals surface area contributed by atoms with Crippen LogP contribution in [0.5, 0.6) is 0 Å². The van der Waals surface area contributed by atoms with E-state index < -0.39 is 0 Å². The Kier molecular flexibility index (Phi) is 2.59. The van der Waals surface area contributed by atoms with Crippen molar-refractivity contribution in [2.75, 3.05) is 13.1 Å². The third kappa shape index (κ3) is 1.93. The van der Waals surface area contributed by atoms with Crippen molar-refractivity contribution in [3.05, 3.63) is 36.0 Å². The Balaban J connectivity index is 1.74. The topological polar surface area (TPSA) is 36.1 Å². The van der Waals surface area contributed by atoms with E-state index in [4.69, 9.17) is 0 Å². The van der Waals surface area contributed by atoms with Crippen molar-refractivity contribution in [2.45, 2.75) is 19.3 Å². The van der Waals surface area contributed by atoms with Gasteiger partial charge in [0.2, 0.25) is 5.91 Å². The van der Waals surface area contributed by atoms with Crippen LogP contribution < -0.4 is 0 Å². The van der Waals surface area contributed by atoms with Crippen LogP contribution in [0.1, 0.15) is 18.4 Å². The molecule has 1 N–H and O–H groups in total. The number of amides is 1. The normalized spacial score (nSPS) is 16.0. The highest BCUT2D eigenvalue weighted by Gasteiger charge is 2.19. The van der Waals surface area contributed by atoms with Crippen LogP contribution in [0.2, 0.25) is 0 Å². The summed E-state index contributed by atoms with van der Waals surface area (Å²) in [5, 5.41) is 1.28. The Labute approximate surface area is 100 Å². The summed E-state index contributed by atoms with van der Waals surface area (Å²) in [7, 11) is 0. The number of rotatable bonds is 3. The molecule has 2 heterocycles. The first-order chi connectivity index (χ1) is 8.34. The van der Waals surface area contributed by atoms with Gasteiger partial charge in [0.25, 0.3) is 0 Å². The van der Waals surface area contributed by atoms with E-state index in [2.05, 4.69) is 29.4 Å². The quantitative estimate of drug-likeness (QED) is 0.860. The second-order valence-electron chi connectivity index (χ2n) is 4.59. The minimum absolute atomic E-state index is 0.310. The second kappa shape index (κ2) is 4.24. The second-order valence-corrected chi connectivity index (χ2v) is 4.59. The minimum atomic E-state index is 0.310. The zero-order chi connectivity index (χ0) is 11.7. The largest absolute Gasteiger partial charge is 0.361 e. The molecule has 88 valence electrons. The first-order valence-electron chi connectivity index (χ1n) is 6.17. The third-order valence-electron chi connectivity index (χ3n) is 3.50. The van der Waals surface area contributed by atoms with Crippen molar-refractivity contribution in [3.63, 3.8) is 0 Å². The predicted molar refractivity (Wildman–Crippen MR) is 67.8 cm³/mol. The fourth-order valence-corrected chi connectivity index (χ4v) is 2.53. The summed E-state index contributed by atoms with van der Waals surface area (Å²) in [4.78, 5) is 16.8. The highest BCUT2D eigenvalue weighted by Crippen LogP contribution is 2.19. The van der Waals surface area contributed by atoms with Gasteiger partial charge in [-0.05, 0) is 24.5 Å². The monoisotopic (exact) mass is 228 g/mol. The van der Waals surface area contributed by atoms with E-state index in [1.165, 1.54) is 16.5 Å². The first-order valence-corrected chi connectivity index (χ1v) is 6.17. The van der Waals surface area contributed by atoms with Gasteiger partial charge >= 0.3 is 0 Å². The van der Waals surface area contributed by atoms with Gasteiger partial charge in [0.1, 0.15) is 0 Å². The van der Waals surface area contributed by atoms with Crippen molar-refractivity contribution in [2.24, 2.45) is 0 Å². The van der Waals surface area contributed by atoms with E-state index in [0.29, 0.717) is 5.91 Å². The van der Waals surface area contributed by atoms with Crippen molar-refractivity contribution in [1.82, 2.24) is 9.88 Å². The summed E-state index contributed by atoms with van der Waals surface area (Å²) in [5.74, 6) is 0.310. The number of carbonyl (C=O) groups excluding carboxylic acids is 1. The van der Waals surface area contributed by atoms with E-state index in [0.717, 1.165) is 32.4 Å². The Morgan fingerprint density at radius 3 is 3.00 bits per heavy atom. The lowest BCUT2D eigenvalue weighted by molar-refractivity contribution is -0.127. The van der Waals surface area contributed by atoms with Gasteiger partial charge in [-0.1, -0.05) is 18.2 Å². The smallest absolute Gasteiger partial charge is 0.222 e. The average molecular weight is 228 g/mol. The molecule has 1 aromatic heterocycles. The van der Waals surface area contributed by atoms with Crippen LogP contribution in [-0.4, -0.2) is 28.9 Å². The third-order valence-corrected chi connectivity index (χ3v) is 3.50. The van der Waals surface area contributed by atoms with Crippen LogP contribution in [-0.2, 0) is 11.2 Å². The summed E-state index contributed by atoms with van der Waals surface area (Å²) >= 11 is 0. The average Bonchev–Trinajstić information content (AvgIpc) is 2.93. The number of para-hydroxylation sites is 1. The van der Waals surface area contributed by atoms with Crippen molar-refractivity contribution < 1.29 is 4.79 Å². The van der Waals surface area contributed by atoms with Gasteiger partial charge in [-0.15, -0.1) is 0 Å². The number of nitrogens with one attached hydrogen (secondary N) is 1. The molecule has 0 atom stereocenters. The Bertz CT molecular complexity index is 544. The number of hydrogen-bond acceptors (Lipinski definition) is 1. The molecule has 0 spiro atoms. The number of benzene rings is 1. The number of fused-ring (bicyclic) bond motifs is 1. The van der Waals surface area contributed by atoms with Crippen LogP contribution in [0, 0.1) is 0 Å². The Hall–Kier alpha value is -1.77. The molecule has 2 aromatic rings. The lowest BCUT2D eigenvalue weighted by Crippen LogP contribution is -2.26. The maximum absolute atomic E-state index is 11.5. The number of H-pyrrole nitrogens is 1. The van der Waals surface area contributed by atoms with Crippen LogP contribution in [0.3, 0.4) is 0 Å². The highest BCUT2D eigenvalue weighted by molar-refractivity contribution is 5.83. The number of hydrogen-bond donors (Lipinski definition) is 1. The number of nitrogens with zero attached hydrogens (tertiary/aromatic N) is 1. The molecule has 3 rings (SSSR count). The summed E-state index contributed by atoms with van der Waals surface area (Å²) in [5.41, 5.74) is 2.48. The Morgan fingerprint density at radius 2 is 2.18 bits per heavy atom. The van der Waals surface area contributed by atoms with Crippen LogP contribution in [0.15, 0.2) is 30.5 Å². The molecule has 3 heteroatoms. The molecule has 1 amide bonds. The van der Waals surface area contributed by atoms with E-state index in [1.54, 1.807) is 0 Å². The fourth-order valence-electron chi connectivity index (χ4n) is 2.53. The molecule has 1 fully saturated rings. The van der Waals surface area contributed by atoms with Crippen molar-refractivity contribution in [1.29, 1.82) is 0 Å². The zero-order valence-electron chi connectivity index (χ0n) is 9.78. The van der Waals surface area contributed by atoms with Crippen LogP contribution in [0.25, 0.3) is 10.9 Å². The highest BCUT2D eigenvalue weighted by atomic mass is 16.2. The standard InChI is InChI=1S/C14H16N2O/c17-14-6-3-8-16(14)9-7-11-10-15-13-5-2-1-4-12(11)13/h1-2,4-5,10,15H,3,6-9H2. The number of likely N-dealkylation sites (tertiary alicyclic amines) is 1. The van der Waals surface area contributed by atoms with Crippen LogP contribution in [0.4, 0.5) is 0 Å². The number of carbonyl (C=O) groups is 1. The summed E-state index contributed by atoms with van der Waals surface area (Å²) in [6, 6.07) is 8.31. The number of aromatic amines is 1. The van der Waals surface area contributed by atoms with E-state index in [-0.39, 0.29) is 0 Å². The molecule has 1 aliphatic heterocycles. The molecule has 1 saturated heterocycles. The van der Waals surface area contributed by atoms with Crippen LogP contribution >= 0.6 is 0 Å². The molecule has 17 heavy (non-hydrogen) atoms. The van der Waals surface area contributed by atoms with Gasteiger partial charge in [0, 0.05) is 36.6 Å². The lowest BCUT2D eigenvalue weighted by atomic mass is 10.1. The molecule has 0 unspecified atom stereocenters. The first kappa shape index (κ1) is 10.4. The molecular formula is C14H16N2O. The molecule has 3 nitrogen and oxygen atoms in total. The zero-order valence-corrected chi connectivity index (χ0v) is 9.78. The molecule has 1 aromatic carbocycles. The minimum Gasteiger partial charge on any atom is -0.361 e. The number of aromatic nitrogens is 1. The van der Waals surface area contributed by atoms with E-state index >= 15 is 0 Å². The van der Waals surface area contributed by atoms with Gasteiger partial charge in [-0.25, -0.2) is 0 Å². The van der Waals surface area contributed by atoms with Gasteiger partial charge in [-0.3, -0.25) is 4.79 Å². The lowest BCUT2D eigenvalue weighted by Gasteiger charge is -2.14. The fraction of sp³-hybridized carbons (Fsp3) is 0.357. The summed E-state index contributed by atoms with van der Waals surface area (Å²) < 4.78 is 0. The van der Waals surface area contributed by atoms with Gasteiger partial charge in [0.05, 0.1) is 0 Å². The predicted octanol–water partition coefficient (Wildman–Crippen LogP) is 2.33. The molecule has 1 aliphatic rings. The van der Waals surface area contributed by atoms with Gasteiger partial charge in [-0.2, -0.15) is 0 Å². The maximum atomic E-state index is 11.5. The van der Waals surface area contributed by atoms with E-state index in [9.17, 15) is 4.79 Å². The Morgan fingerprint density at radius 1 is 1.29 bits per heavy atom. The molecule has 0 saturated carbocycles. The summed E-state index contributed by atoms with van der Waals surface area (Å²) in [6.07, 6.45) is 4.75. The molecule has 0 bridgehead atoms. The molecular weight excluding hydrogens is 212 g/mol. The SMILES string of the molecule is O=C1CCCN1CCc1c[nH]c2ccccc12.